The van der Waals surface area contributed by atoms with Gasteiger partial charge in [0.2, 0.25) is 0 Å². The van der Waals surface area contributed by atoms with Crippen LogP contribution in [0.4, 0.5) is 0 Å². The number of carbonyl (C=O) groups excluding carboxylic acids is 2. The van der Waals surface area contributed by atoms with Crippen molar-refractivity contribution >= 4 is 11.9 Å². The van der Waals surface area contributed by atoms with Crippen LogP contribution in [0.2, 0.25) is 0 Å². The van der Waals surface area contributed by atoms with Gasteiger partial charge in [0.15, 0.2) is 5.79 Å². The second-order valence-electron chi connectivity index (χ2n) is 15.4. The number of carbonyl (C=O) groups is 2. The molecule has 0 unspecified atom stereocenters. The molecule has 1 N–H and O–H groups in total. The smallest absolute Gasteiger partial charge is 0.338 e. The van der Waals surface area contributed by atoms with Gasteiger partial charge in [0.25, 0.3) is 0 Å². The third-order valence-electron chi connectivity index (χ3n) is 13.0. The topological polar surface area (TPSA) is 91.3 Å². The molecular weight excluding hydrogens is 544 g/mol. The van der Waals surface area contributed by atoms with Gasteiger partial charge in [0, 0.05) is 30.6 Å². The van der Waals surface area contributed by atoms with Crippen molar-refractivity contribution in [3.63, 3.8) is 0 Å². The van der Waals surface area contributed by atoms with Gasteiger partial charge in [-0.15, -0.1) is 0 Å². The van der Waals surface area contributed by atoms with Crippen LogP contribution in [0.1, 0.15) is 96.3 Å². The van der Waals surface area contributed by atoms with Gasteiger partial charge in [-0.2, -0.15) is 0 Å². The van der Waals surface area contributed by atoms with E-state index in [-0.39, 0.29) is 59.5 Å². The highest BCUT2D eigenvalue weighted by atomic mass is 16.7. The molecule has 1 spiro atoms. The fourth-order valence-electron chi connectivity index (χ4n) is 10.7. The summed E-state index contributed by atoms with van der Waals surface area (Å²) >= 11 is 0. The Morgan fingerprint density at radius 2 is 1.74 bits per heavy atom. The Morgan fingerprint density at radius 1 is 0.977 bits per heavy atom. The van der Waals surface area contributed by atoms with Crippen molar-refractivity contribution in [2.45, 2.75) is 116 Å². The first-order valence-electron chi connectivity index (χ1n) is 16.6. The number of rotatable bonds is 3. The van der Waals surface area contributed by atoms with Gasteiger partial charge in [-0.05, 0) is 87.2 Å². The van der Waals surface area contributed by atoms with Crippen molar-refractivity contribution in [3.05, 3.63) is 47.5 Å². The highest BCUT2D eigenvalue weighted by Crippen LogP contribution is 2.70. The Balaban J connectivity index is 1.24. The molecule has 0 aromatic heterocycles. The van der Waals surface area contributed by atoms with Crippen LogP contribution in [0.5, 0.6) is 0 Å². The van der Waals surface area contributed by atoms with E-state index in [9.17, 15) is 14.7 Å². The summed E-state index contributed by atoms with van der Waals surface area (Å²) in [7, 11) is 0. The van der Waals surface area contributed by atoms with Crippen LogP contribution >= 0.6 is 0 Å². The third kappa shape index (κ3) is 4.54. The van der Waals surface area contributed by atoms with Crippen molar-refractivity contribution < 1.29 is 33.6 Å². The minimum atomic E-state index is -0.842. The SMILES string of the molecule is CC(=O)O[C@H]1CC[C@@]2(C)[C@@H](CC[C@H]3C4=C[C@@H]5O[C@]6(CC[C@@](C)(O)CO6)[C@@H](C)[C@@H]5[C@@]4(C)[C@H](OC(=O)c4ccccc4)C[C@@H]32)C1. The molecule has 2 heterocycles. The van der Waals surface area contributed by atoms with Gasteiger partial charge in [-0.25, -0.2) is 4.79 Å². The van der Waals surface area contributed by atoms with E-state index >= 15 is 0 Å². The quantitative estimate of drug-likeness (QED) is 0.328. The summed E-state index contributed by atoms with van der Waals surface area (Å²) < 4.78 is 25.6. The molecule has 6 aliphatic rings. The molecule has 7 heteroatoms. The van der Waals surface area contributed by atoms with Crippen molar-refractivity contribution in [1.82, 2.24) is 0 Å². The van der Waals surface area contributed by atoms with E-state index in [1.807, 2.05) is 37.3 Å². The zero-order valence-corrected chi connectivity index (χ0v) is 26.3. The molecule has 1 aromatic rings. The lowest BCUT2D eigenvalue weighted by Crippen LogP contribution is -2.58. The van der Waals surface area contributed by atoms with Crippen molar-refractivity contribution in [3.8, 4) is 0 Å². The lowest BCUT2D eigenvalue weighted by molar-refractivity contribution is -0.287. The van der Waals surface area contributed by atoms with Crippen LogP contribution in [-0.2, 0) is 23.7 Å². The van der Waals surface area contributed by atoms with E-state index in [1.54, 1.807) is 0 Å². The molecule has 0 bridgehead atoms. The summed E-state index contributed by atoms with van der Waals surface area (Å²) in [6.07, 6.45) is 9.11. The molecule has 0 radical (unpaired) electrons. The minimum absolute atomic E-state index is 0.000510. The molecule has 2 aliphatic heterocycles. The van der Waals surface area contributed by atoms with Crippen LogP contribution in [0.3, 0.4) is 0 Å². The van der Waals surface area contributed by atoms with Gasteiger partial charge in [0.1, 0.15) is 12.2 Å². The van der Waals surface area contributed by atoms with Crippen LogP contribution < -0.4 is 0 Å². The maximum Gasteiger partial charge on any atom is 0.338 e. The molecule has 7 nitrogen and oxygen atoms in total. The first-order valence-corrected chi connectivity index (χ1v) is 16.6. The number of ether oxygens (including phenoxy) is 4. The summed E-state index contributed by atoms with van der Waals surface area (Å²) in [5, 5.41) is 10.6. The molecule has 4 aliphatic carbocycles. The van der Waals surface area contributed by atoms with Gasteiger partial charge >= 0.3 is 11.9 Å². The molecular formula is C36H48O7. The van der Waals surface area contributed by atoms with Crippen LogP contribution in [-0.4, -0.2) is 53.4 Å². The van der Waals surface area contributed by atoms with E-state index in [2.05, 4.69) is 26.8 Å². The number of fused-ring (bicyclic) bond motifs is 7. The van der Waals surface area contributed by atoms with Crippen molar-refractivity contribution in [2.24, 2.45) is 40.4 Å². The number of esters is 2. The van der Waals surface area contributed by atoms with E-state index < -0.39 is 11.4 Å². The summed E-state index contributed by atoms with van der Waals surface area (Å²) in [6, 6.07) is 9.34. The maximum absolute atomic E-state index is 13.7. The molecule has 0 amide bonds. The van der Waals surface area contributed by atoms with Crippen LogP contribution in [0.15, 0.2) is 42.0 Å². The van der Waals surface area contributed by atoms with Crippen LogP contribution in [0.25, 0.3) is 0 Å². The normalized spacial score (nSPS) is 48.4. The van der Waals surface area contributed by atoms with Crippen LogP contribution in [0, 0.1) is 40.4 Å². The lowest BCUT2D eigenvalue weighted by atomic mass is 9.44. The standard InChI is InChI=1S/C36H48O7/c1-21-31-29(43-36(21)16-15-33(3,39)20-40-36)18-28-26-12-11-24-17-25(41-22(2)37)13-14-34(24,4)27(26)19-30(35(28,31)5)42-32(38)23-9-7-6-8-10-23/h6-10,18,21,24-27,29-31,39H,11-17,19-20H2,1-5H3/t21-,24-,25-,26+,27-,29-,30+,31-,33+,34-,35+,36+/m0/s1. The first kappa shape index (κ1) is 29.5. The number of aliphatic hydroxyl groups is 1. The Bertz CT molecular complexity index is 1290. The third-order valence-corrected chi connectivity index (χ3v) is 13.0. The zero-order chi connectivity index (χ0) is 30.4. The monoisotopic (exact) mass is 592 g/mol. The molecule has 2 saturated heterocycles. The van der Waals surface area contributed by atoms with Gasteiger partial charge in [0.05, 0.1) is 23.9 Å². The molecule has 43 heavy (non-hydrogen) atoms. The van der Waals surface area contributed by atoms with Crippen molar-refractivity contribution in [2.75, 3.05) is 6.61 Å². The number of benzene rings is 1. The zero-order valence-electron chi connectivity index (χ0n) is 26.3. The summed E-state index contributed by atoms with van der Waals surface area (Å²) in [5.74, 6) is 0.268. The molecule has 234 valence electrons. The Labute approximate surface area is 255 Å². The fourth-order valence-corrected chi connectivity index (χ4v) is 10.7. The molecule has 1 aromatic carbocycles. The predicted molar refractivity (Wildman–Crippen MR) is 160 cm³/mol. The van der Waals surface area contributed by atoms with E-state index in [1.165, 1.54) is 12.5 Å². The predicted octanol–water partition coefficient (Wildman–Crippen LogP) is 6.24. The molecule has 3 saturated carbocycles. The highest BCUT2D eigenvalue weighted by molar-refractivity contribution is 5.89. The highest BCUT2D eigenvalue weighted by Gasteiger charge is 2.70. The molecule has 5 fully saturated rings. The Morgan fingerprint density at radius 3 is 2.44 bits per heavy atom. The Kier molecular flexibility index (Phi) is 6.96. The average molecular weight is 593 g/mol. The second-order valence-corrected chi connectivity index (χ2v) is 15.4. The summed E-state index contributed by atoms with van der Waals surface area (Å²) in [5.41, 5.74) is 0.859. The summed E-state index contributed by atoms with van der Waals surface area (Å²) in [4.78, 5) is 25.4. The Hall–Kier alpha value is -2.22. The van der Waals surface area contributed by atoms with E-state index in [4.69, 9.17) is 18.9 Å². The second kappa shape index (κ2) is 10.1. The van der Waals surface area contributed by atoms with Gasteiger partial charge in [-0.3, -0.25) is 4.79 Å². The number of hydrogen-bond acceptors (Lipinski definition) is 7. The largest absolute Gasteiger partial charge is 0.463 e. The van der Waals surface area contributed by atoms with E-state index in [0.717, 1.165) is 38.5 Å². The average Bonchev–Trinajstić information content (AvgIpc) is 3.42. The van der Waals surface area contributed by atoms with Gasteiger partial charge in [-0.1, -0.05) is 50.6 Å². The molecule has 7 rings (SSSR count). The number of hydrogen-bond donors (Lipinski definition) is 1. The summed E-state index contributed by atoms with van der Waals surface area (Å²) in [6.45, 7) is 10.6. The fraction of sp³-hybridized carbons (Fsp3) is 0.722. The van der Waals surface area contributed by atoms with Crippen molar-refractivity contribution in [1.29, 1.82) is 0 Å². The first-order chi connectivity index (χ1) is 20.4. The minimum Gasteiger partial charge on any atom is -0.463 e. The molecule has 12 atom stereocenters. The maximum atomic E-state index is 13.7. The van der Waals surface area contributed by atoms with E-state index in [0.29, 0.717) is 36.2 Å². The van der Waals surface area contributed by atoms with Gasteiger partial charge < -0.3 is 24.1 Å². The lowest BCUT2D eigenvalue weighted by Gasteiger charge is -2.61.